The fourth-order valence-electron chi connectivity index (χ4n) is 2.30. The van der Waals surface area contributed by atoms with E-state index in [1.165, 1.54) is 18.2 Å². The third-order valence-corrected chi connectivity index (χ3v) is 3.47. The van der Waals surface area contributed by atoms with Gasteiger partial charge in [0.1, 0.15) is 23.0 Å². The third-order valence-electron chi connectivity index (χ3n) is 3.47. The molecule has 0 atom stereocenters. The Morgan fingerprint density at radius 1 is 1.04 bits per heavy atom. The van der Waals surface area contributed by atoms with E-state index in [4.69, 9.17) is 14.2 Å². The van der Waals surface area contributed by atoms with Gasteiger partial charge >= 0.3 is 0 Å². The van der Waals surface area contributed by atoms with E-state index in [2.05, 4.69) is 0 Å². The molecule has 5 heteroatoms. The van der Waals surface area contributed by atoms with E-state index < -0.39 is 0 Å². The Kier molecular flexibility index (Phi) is 6.46. The summed E-state index contributed by atoms with van der Waals surface area (Å²) in [6.07, 6.45) is 3.15. The molecule has 132 valence electrons. The lowest BCUT2D eigenvalue weighted by atomic mass is 10.1. The molecule has 2 rings (SSSR count). The van der Waals surface area contributed by atoms with Gasteiger partial charge in [0.25, 0.3) is 0 Å². The van der Waals surface area contributed by atoms with Gasteiger partial charge in [-0.3, -0.25) is 4.79 Å². The van der Waals surface area contributed by atoms with Crippen LogP contribution in [0, 0.1) is 0 Å². The Labute approximate surface area is 147 Å². The molecule has 0 bridgehead atoms. The van der Waals surface area contributed by atoms with Crippen LogP contribution in [0.25, 0.3) is 6.08 Å². The van der Waals surface area contributed by atoms with Crippen LogP contribution in [0.4, 0.5) is 0 Å². The van der Waals surface area contributed by atoms with Crippen molar-refractivity contribution in [2.24, 2.45) is 0 Å². The van der Waals surface area contributed by atoms with Gasteiger partial charge in [-0.05, 0) is 50.3 Å². The second-order valence-electron chi connectivity index (χ2n) is 5.15. The average molecular weight is 342 g/mol. The zero-order valence-corrected chi connectivity index (χ0v) is 14.6. The van der Waals surface area contributed by atoms with Crippen LogP contribution < -0.4 is 14.2 Å². The molecule has 0 fully saturated rings. The highest BCUT2D eigenvalue weighted by Gasteiger charge is 2.11. The summed E-state index contributed by atoms with van der Waals surface area (Å²) in [5, 5.41) is 9.56. The molecule has 1 N–H and O–H groups in total. The van der Waals surface area contributed by atoms with Crippen molar-refractivity contribution in [3.05, 3.63) is 53.6 Å². The Bertz CT molecular complexity index is 765. The highest BCUT2D eigenvalue weighted by molar-refractivity contribution is 6.08. The number of allylic oxidation sites excluding steroid dienone is 1. The summed E-state index contributed by atoms with van der Waals surface area (Å²) < 4.78 is 16.2. The predicted molar refractivity (Wildman–Crippen MR) is 96.8 cm³/mol. The van der Waals surface area contributed by atoms with Gasteiger partial charge in [0.15, 0.2) is 5.78 Å². The molecule has 0 aliphatic carbocycles. The quantitative estimate of drug-likeness (QED) is 0.578. The smallest absolute Gasteiger partial charge is 0.189 e. The topological polar surface area (TPSA) is 65.0 Å². The van der Waals surface area contributed by atoms with Crippen LogP contribution in [0.15, 0.2) is 42.5 Å². The summed E-state index contributed by atoms with van der Waals surface area (Å²) in [7, 11) is 1.59. The van der Waals surface area contributed by atoms with Crippen molar-refractivity contribution in [1.29, 1.82) is 0 Å². The fraction of sp³-hybridized carbons (Fsp3) is 0.250. The van der Waals surface area contributed by atoms with E-state index in [1.807, 2.05) is 19.9 Å². The average Bonchev–Trinajstić information content (AvgIpc) is 2.61. The first-order valence-corrected chi connectivity index (χ1v) is 8.08. The number of rotatable bonds is 8. The number of ether oxygens (including phenoxy) is 3. The van der Waals surface area contributed by atoms with Crippen LogP contribution in [-0.4, -0.2) is 31.2 Å². The lowest BCUT2D eigenvalue weighted by Crippen LogP contribution is -2.01. The number of benzene rings is 2. The van der Waals surface area contributed by atoms with Gasteiger partial charge in [-0.25, -0.2) is 0 Å². The van der Waals surface area contributed by atoms with E-state index in [0.717, 1.165) is 5.56 Å². The van der Waals surface area contributed by atoms with E-state index in [0.29, 0.717) is 36.0 Å². The number of carbonyl (C=O) groups excluding carboxylic acids is 1. The second kappa shape index (κ2) is 8.78. The first-order chi connectivity index (χ1) is 12.1. The number of methoxy groups -OCH3 is 1. The van der Waals surface area contributed by atoms with Crippen molar-refractivity contribution in [2.75, 3.05) is 20.3 Å². The maximum atomic E-state index is 12.5. The van der Waals surface area contributed by atoms with Crippen molar-refractivity contribution in [3.8, 4) is 23.0 Å². The molecule has 2 aromatic rings. The Balaban J connectivity index is 2.29. The number of phenolic OH excluding ortho intramolecular Hbond substituents is 1. The monoisotopic (exact) mass is 342 g/mol. The molecule has 0 spiro atoms. The van der Waals surface area contributed by atoms with Crippen LogP contribution in [0.2, 0.25) is 0 Å². The van der Waals surface area contributed by atoms with Crippen LogP contribution in [0.3, 0.4) is 0 Å². The highest BCUT2D eigenvalue weighted by Crippen LogP contribution is 2.28. The van der Waals surface area contributed by atoms with E-state index in [-0.39, 0.29) is 11.5 Å². The zero-order valence-electron chi connectivity index (χ0n) is 14.6. The van der Waals surface area contributed by atoms with Crippen LogP contribution in [-0.2, 0) is 0 Å². The molecular formula is C20H22O5. The number of phenols is 1. The van der Waals surface area contributed by atoms with Crippen molar-refractivity contribution >= 4 is 11.9 Å². The minimum Gasteiger partial charge on any atom is -0.508 e. The summed E-state index contributed by atoms with van der Waals surface area (Å²) in [6.45, 7) is 4.62. The maximum Gasteiger partial charge on any atom is 0.189 e. The largest absolute Gasteiger partial charge is 0.508 e. The summed E-state index contributed by atoms with van der Waals surface area (Å²) >= 11 is 0. The summed E-state index contributed by atoms with van der Waals surface area (Å²) in [5.74, 6) is 1.52. The minimum atomic E-state index is -0.221. The molecule has 0 unspecified atom stereocenters. The number of aromatic hydroxyl groups is 1. The Morgan fingerprint density at radius 3 is 2.44 bits per heavy atom. The van der Waals surface area contributed by atoms with Gasteiger partial charge in [-0.1, -0.05) is 0 Å². The second-order valence-corrected chi connectivity index (χ2v) is 5.15. The number of ketones is 1. The predicted octanol–water partition coefficient (Wildman–Crippen LogP) is 4.09. The minimum absolute atomic E-state index is 0.0535. The SMILES string of the molecule is CCOc1cc(OC)ccc1C=CC(=O)c1ccc(O)cc1OCC. The summed E-state index contributed by atoms with van der Waals surface area (Å²) in [5.41, 5.74) is 1.16. The standard InChI is InChI=1S/C20H22O5/c1-4-24-19-13-16(23-3)9-6-14(19)7-11-18(22)17-10-8-15(21)12-20(17)25-5-2/h6-13,21H,4-5H2,1-3H3. The molecule has 0 saturated carbocycles. The molecule has 5 nitrogen and oxygen atoms in total. The molecule has 25 heavy (non-hydrogen) atoms. The van der Waals surface area contributed by atoms with Crippen molar-refractivity contribution in [2.45, 2.75) is 13.8 Å². The number of hydrogen-bond acceptors (Lipinski definition) is 5. The lowest BCUT2D eigenvalue weighted by Gasteiger charge is -2.10. The highest BCUT2D eigenvalue weighted by atomic mass is 16.5. The first-order valence-electron chi connectivity index (χ1n) is 8.08. The number of hydrogen-bond donors (Lipinski definition) is 1. The van der Waals surface area contributed by atoms with E-state index >= 15 is 0 Å². The Morgan fingerprint density at radius 2 is 1.76 bits per heavy atom. The molecule has 0 aromatic heterocycles. The van der Waals surface area contributed by atoms with Gasteiger partial charge in [0, 0.05) is 17.7 Å². The molecular weight excluding hydrogens is 320 g/mol. The van der Waals surface area contributed by atoms with Gasteiger partial charge in [-0.15, -0.1) is 0 Å². The van der Waals surface area contributed by atoms with Crippen LogP contribution in [0.5, 0.6) is 23.0 Å². The fourth-order valence-corrected chi connectivity index (χ4v) is 2.30. The van der Waals surface area contributed by atoms with Gasteiger partial charge in [0.05, 0.1) is 25.9 Å². The molecule has 0 radical (unpaired) electrons. The van der Waals surface area contributed by atoms with Crippen LogP contribution >= 0.6 is 0 Å². The van der Waals surface area contributed by atoms with Crippen molar-refractivity contribution < 1.29 is 24.1 Å². The van der Waals surface area contributed by atoms with Gasteiger partial charge < -0.3 is 19.3 Å². The summed E-state index contributed by atoms with van der Waals surface area (Å²) in [6, 6.07) is 9.85. The molecule has 0 heterocycles. The molecule has 2 aromatic carbocycles. The first kappa shape index (κ1) is 18.4. The number of carbonyl (C=O) groups is 1. The normalized spacial score (nSPS) is 10.7. The van der Waals surface area contributed by atoms with Crippen LogP contribution in [0.1, 0.15) is 29.8 Å². The summed E-state index contributed by atoms with van der Waals surface area (Å²) in [4.78, 5) is 12.5. The lowest BCUT2D eigenvalue weighted by molar-refractivity contribution is 0.104. The molecule has 0 amide bonds. The molecule has 0 aliphatic rings. The van der Waals surface area contributed by atoms with Crippen molar-refractivity contribution in [3.63, 3.8) is 0 Å². The maximum absolute atomic E-state index is 12.5. The molecule has 0 aliphatic heterocycles. The molecule has 0 saturated heterocycles. The van der Waals surface area contributed by atoms with Gasteiger partial charge in [-0.2, -0.15) is 0 Å². The third kappa shape index (κ3) is 4.76. The Hall–Kier alpha value is -2.95. The van der Waals surface area contributed by atoms with E-state index in [1.54, 1.807) is 31.4 Å². The zero-order chi connectivity index (χ0) is 18.2. The van der Waals surface area contributed by atoms with E-state index in [9.17, 15) is 9.90 Å². The van der Waals surface area contributed by atoms with Crippen molar-refractivity contribution in [1.82, 2.24) is 0 Å². The van der Waals surface area contributed by atoms with Gasteiger partial charge in [0.2, 0.25) is 0 Å².